The molecule has 1 aromatic carbocycles. The molecular weight excluding hydrogens is 246 g/mol. The molecule has 88 valence electrons. The van der Waals surface area contributed by atoms with Gasteiger partial charge in [0, 0.05) is 17.2 Å². The number of nitrogens with zero attached hydrogens (tertiary/aromatic N) is 1. The summed E-state index contributed by atoms with van der Waals surface area (Å²) in [5.41, 5.74) is -0.0129. The number of halogens is 1. The molecule has 0 fully saturated rings. The number of alkyl halides is 1. The molecule has 0 unspecified atom stereocenters. The van der Waals surface area contributed by atoms with E-state index in [2.05, 4.69) is 11.8 Å². The highest BCUT2D eigenvalue weighted by Crippen LogP contribution is 2.23. The molecule has 17 heavy (non-hydrogen) atoms. The van der Waals surface area contributed by atoms with Gasteiger partial charge in [0.15, 0.2) is 0 Å². The predicted octanol–water partition coefficient (Wildman–Crippen LogP) is 2.19. The molecule has 0 aliphatic heterocycles. The first-order chi connectivity index (χ1) is 7.97. The zero-order valence-corrected chi connectivity index (χ0v) is 9.61. The third kappa shape index (κ3) is 2.95. The molecule has 0 atom stereocenters. The summed E-state index contributed by atoms with van der Waals surface area (Å²) < 4.78 is 0. The Labute approximate surface area is 102 Å². The summed E-state index contributed by atoms with van der Waals surface area (Å²) >= 11 is 5.36. The number of nitro benzene ring substituents is 1. The zero-order valence-electron chi connectivity index (χ0n) is 8.86. The number of aromatic carboxylic acids is 1. The molecule has 0 spiro atoms. The molecule has 0 aliphatic carbocycles. The fourth-order valence-corrected chi connectivity index (χ4v) is 1.39. The number of carboxylic acid groups (broad SMARTS) is 1. The summed E-state index contributed by atoms with van der Waals surface area (Å²) in [6.07, 6.45) is 0. The zero-order chi connectivity index (χ0) is 13.0. The lowest BCUT2D eigenvalue weighted by atomic mass is 10.0. The Bertz CT molecular complexity index is 507. The monoisotopic (exact) mass is 253 g/mol. The van der Waals surface area contributed by atoms with Crippen LogP contribution in [-0.2, 0) is 0 Å². The Morgan fingerprint density at radius 3 is 2.71 bits per heavy atom. The summed E-state index contributed by atoms with van der Waals surface area (Å²) in [6, 6.07) is 2.53. The summed E-state index contributed by atoms with van der Waals surface area (Å²) in [5.74, 6) is 3.93. The van der Waals surface area contributed by atoms with Crippen LogP contribution in [-0.4, -0.2) is 21.9 Å². The maximum absolute atomic E-state index is 10.9. The number of hydrogen-bond donors (Lipinski definition) is 1. The third-order valence-electron chi connectivity index (χ3n) is 2.11. The second kappa shape index (κ2) is 5.32. The predicted molar refractivity (Wildman–Crippen MR) is 62.4 cm³/mol. The third-order valence-corrected chi connectivity index (χ3v) is 2.24. The van der Waals surface area contributed by atoms with Crippen molar-refractivity contribution in [2.75, 3.05) is 5.88 Å². The van der Waals surface area contributed by atoms with E-state index in [1.807, 2.05) is 0 Å². The van der Waals surface area contributed by atoms with E-state index in [-0.39, 0.29) is 28.3 Å². The molecule has 0 saturated carbocycles. The van der Waals surface area contributed by atoms with Gasteiger partial charge in [0.05, 0.1) is 16.4 Å². The maximum atomic E-state index is 10.9. The summed E-state index contributed by atoms with van der Waals surface area (Å²) in [4.78, 5) is 21.1. The highest BCUT2D eigenvalue weighted by Gasteiger charge is 2.19. The highest BCUT2D eigenvalue weighted by molar-refractivity contribution is 6.19. The Morgan fingerprint density at radius 2 is 2.24 bits per heavy atom. The van der Waals surface area contributed by atoms with Crippen LogP contribution in [0.15, 0.2) is 12.1 Å². The van der Waals surface area contributed by atoms with Crippen LogP contribution in [0.1, 0.15) is 21.5 Å². The number of nitro groups is 1. The number of hydrogen-bond acceptors (Lipinski definition) is 3. The summed E-state index contributed by atoms with van der Waals surface area (Å²) in [6.45, 7) is 1.39. The van der Waals surface area contributed by atoms with Gasteiger partial charge < -0.3 is 5.11 Å². The SMILES string of the molecule is Cc1c(C(=O)O)cc(C#CCCl)cc1[N+](=O)[O-]. The van der Waals surface area contributed by atoms with Crippen molar-refractivity contribution in [1.29, 1.82) is 0 Å². The van der Waals surface area contributed by atoms with Gasteiger partial charge in [-0.25, -0.2) is 4.79 Å². The van der Waals surface area contributed by atoms with Crippen LogP contribution in [0.25, 0.3) is 0 Å². The first-order valence-electron chi connectivity index (χ1n) is 4.54. The molecule has 0 aromatic heterocycles. The van der Waals surface area contributed by atoms with Gasteiger partial charge in [0.2, 0.25) is 0 Å². The van der Waals surface area contributed by atoms with Crippen LogP contribution in [0.5, 0.6) is 0 Å². The molecule has 0 amide bonds. The molecule has 1 aromatic rings. The average Bonchev–Trinajstić information content (AvgIpc) is 2.26. The second-order valence-corrected chi connectivity index (χ2v) is 3.43. The minimum Gasteiger partial charge on any atom is -0.478 e. The van der Waals surface area contributed by atoms with E-state index in [1.54, 1.807) is 0 Å². The molecule has 5 nitrogen and oxygen atoms in total. The first-order valence-corrected chi connectivity index (χ1v) is 5.08. The van der Waals surface area contributed by atoms with Crippen LogP contribution in [0, 0.1) is 28.9 Å². The van der Waals surface area contributed by atoms with Crippen molar-refractivity contribution in [2.45, 2.75) is 6.92 Å². The maximum Gasteiger partial charge on any atom is 0.336 e. The normalized spacial score (nSPS) is 9.29. The fraction of sp³-hybridized carbons (Fsp3) is 0.182. The summed E-state index contributed by atoms with van der Waals surface area (Å²) in [5, 5.41) is 19.7. The van der Waals surface area contributed by atoms with Gasteiger partial charge in [0.25, 0.3) is 5.69 Å². The number of benzene rings is 1. The van der Waals surface area contributed by atoms with Gasteiger partial charge in [-0.05, 0) is 13.0 Å². The molecule has 0 bridgehead atoms. The average molecular weight is 254 g/mol. The second-order valence-electron chi connectivity index (χ2n) is 3.17. The van der Waals surface area contributed by atoms with E-state index < -0.39 is 10.9 Å². The molecule has 1 N–H and O–H groups in total. The van der Waals surface area contributed by atoms with Crippen molar-refractivity contribution in [3.8, 4) is 11.8 Å². The molecule has 0 saturated heterocycles. The largest absolute Gasteiger partial charge is 0.478 e. The van der Waals surface area contributed by atoms with E-state index in [4.69, 9.17) is 16.7 Å². The van der Waals surface area contributed by atoms with Gasteiger partial charge >= 0.3 is 5.97 Å². The van der Waals surface area contributed by atoms with Gasteiger partial charge in [-0.15, -0.1) is 11.6 Å². The standard InChI is InChI=1S/C11H8ClNO4/c1-7-9(11(14)15)5-8(3-2-4-12)6-10(7)13(16)17/h5-6H,4H2,1H3,(H,14,15). The Balaban J connectivity index is 3.47. The molecule has 1 rings (SSSR count). The number of rotatable bonds is 2. The van der Waals surface area contributed by atoms with Crippen LogP contribution < -0.4 is 0 Å². The lowest BCUT2D eigenvalue weighted by Gasteiger charge is -2.03. The van der Waals surface area contributed by atoms with Crippen LogP contribution in [0.3, 0.4) is 0 Å². The Hall–Kier alpha value is -2.06. The molecule has 0 aliphatic rings. The lowest BCUT2D eigenvalue weighted by molar-refractivity contribution is -0.385. The minimum absolute atomic E-state index is 0.0735. The van der Waals surface area contributed by atoms with Crippen LogP contribution >= 0.6 is 11.6 Å². The van der Waals surface area contributed by atoms with Crippen molar-refractivity contribution >= 4 is 23.3 Å². The van der Waals surface area contributed by atoms with Gasteiger partial charge in [-0.3, -0.25) is 10.1 Å². The first kappa shape index (κ1) is 13.0. The number of carboxylic acids is 1. The van der Waals surface area contributed by atoms with Crippen molar-refractivity contribution in [2.24, 2.45) is 0 Å². The van der Waals surface area contributed by atoms with E-state index in [0.717, 1.165) is 0 Å². The van der Waals surface area contributed by atoms with Gasteiger partial charge in [-0.1, -0.05) is 11.8 Å². The van der Waals surface area contributed by atoms with Crippen LogP contribution in [0.4, 0.5) is 5.69 Å². The minimum atomic E-state index is -1.22. The lowest BCUT2D eigenvalue weighted by Crippen LogP contribution is -2.04. The quantitative estimate of drug-likeness (QED) is 0.379. The number of carbonyl (C=O) groups is 1. The molecule has 0 heterocycles. The highest BCUT2D eigenvalue weighted by atomic mass is 35.5. The van der Waals surface area contributed by atoms with Gasteiger partial charge in [0.1, 0.15) is 0 Å². The molecular formula is C11H8ClNO4. The topological polar surface area (TPSA) is 80.4 Å². The van der Waals surface area contributed by atoms with E-state index in [0.29, 0.717) is 0 Å². The molecule has 6 heteroatoms. The van der Waals surface area contributed by atoms with Gasteiger partial charge in [-0.2, -0.15) is 0 Å². The summed E-state index contributed by atoms with van der Waals surface area (Å²) in [7, 11) is 0. The van der Waals surface area contributed by atoms with E-state index >= 15 is 0 Å². The molecule has 0 radical (unpaired) electrons. The smallest absolute Gasteiger partial charge is 0.336 e. The fourth-order valence-electron chi connectivity index (χ4n) is 1.32. The van der Waals surface area contributed by atoms with Crippen molar-refractivity contribution in [3.05, 3.63) is 38.9 Å². The van der Waals surface area contributed by atoms with E-state index in [9.17, 15) is 14.9 Å². The van der Waals surface area contributed by atoms with Crippen LogP contribution in [0.2, 0.25) is 0 Å². The van der Waals surface area contributed by atoms with Crippen molar-refractivity contribution in [3.63, 3.8) is 0 Å². The van der Waals surface area contributed by atoms with Crippen molar-refractivity contribution in [1.82, 2.24) is 0 Å². The Morgan fingerprint density at radius 1 is 1.59 bits per heavy atom. The van der Waals surface area contributed by atoms with E-state index in [1.165, 1.54) is 19.1 Å². The Kier molecular flexibility index (Phi) is 4.07. The van der Waals surface area contributed by atoms with Crippen molar-refractivity contribution < 1.29 is 14.8 Å².